The number of nitrogens with one attached hydrogen (secondary N) is 1. The van der Waals surface area contributed by atoms with E-state index in [-0.39, 0.29) is 24.2 Å². The second kappa shape index (κ2) is 6.51. The summed E-state index contributed by atoms with van der Waals surface area (Å²) < 4.78 is 23.2. The Bertz CT molecular complexity index is 560. The van der Waals surface area contributed by atoms with E-state index in [1.165, 1.54) is 0 Å². The number of nitrogens with zero attached hydrogens (tertiary/aromatic N) is 1. The molecule has 1 aromatic carbocycles. The molecule has 0 amide bonds. The third-order valence-corrected chi connectivity index (χ3v) is 5.36. The zero-order valence-corrected chi connectivity index (χ0v) is 12.7. The van der Waals surface area contributed by atoms with Crippen molar-refractivity contribution < 1.29 is 13.5 Å². The van der Waals surface area contributed by atoms with Gasteiger partial charge in [-0.3, -0.25) is 0 Å². The summed E-state index contributed by atoms with van der Waals surface area (Å²) in [5.74, 6) is 0.289. The molecule has 0 bridgehead atoms. The van der Waals surface area contributed by atoms with Gasteiger partial charge in [-0.2, -0.15) is 0 Å². The van der Waals surface area contributed by atoms with E-state index in [1.807, 2.05) is 30.3 Å². The smallest absolute Gasteiger partial charge is 0.173 e. The zero-order valence-electron chi connectivity index (χ0n) is 11.0. The van der Waals surface area contributed by atoms with Crippen LogP contribution in [0.1, 0.15) is 6.42 Å². The van der Waals surface area contributed by atoms with Crippen molar-refractivity contribution in [1.82, 2.24) is 4.90 Å². The third-order valence-electron chi connectivity index (χ3n) is 3.28. The highest BCUT2D eigenvalue weighted by Crippen LogP contribution is 2.19. The summed E-state index contributed by atoms with van der Waals surface area (Å²) in [4.78, 5) is 1.77. The quantitative estimate of drug-likeness (QED) is 0.804. The number of rotatable bonds is 4. The number of aliphatic hydroxyl groups is 1. The minimum absolute atomic E-state index is 0.0623. The first-order valence-corrected chi connectivity index (χ1v) is 8.69. The molecule has 7 heteroatoms. The van der Waals surface area contributed by atoms with Gasteiger partial charge in [-0.15, -0.1) is 0 Å². The Balaban J connectivity index is 2.06. The van der Waals surface area contributed by atoms with Crippen LogP contribution in [-0.4, -0.2) is 54.2 Å². The van der Waals surface area contributed by atoms with Crippen molar-refractivity contribution >= 4 is 32.9 Å². The monoisotopic (exact) mass is 314 g/mol. The standard InChI is InChI=1S/C13H18N2O3S2/c16-8-7-15(12-6-9-20(17,18)10-12)13(19)14-11-4-2-1-3-5-11/h1-5,12,16H,6-10H2,(H,14,19)/t12-/m0/s1. The molecule has 1 saturated heterocycles. The SMILES string of the molecule is O=S1(=O)CC[C@H](N(CCO)C(=S)Nc2ccccc2)C1. The fraction of sp³-hybridized carbons (Fsp3) is 0.462. The molecule has 2 rings (SSSR count). The van der Waals surface area contributed by atoms with E-state index in [0.29, 0.717) is 18.1 Å². The van der Waals surface area contributed by atoms with Crippen molar-refractivity contribution in [2.45, 2.75) is 12.5 Å². The maximum Gasteiger partial charge on any atom is 0.173 e. The van der Waals surface area contributed by atoms with Crippen molar-refractivity contribution in [3.63, 3.8) is 0 Å². The first-order valence-electron chi connectivity index (χ1n) is 6.46. The maximum absolute atomic E-state index is 11.6. The number of hydrogen-bond acceptors (Lipinski definition) is 4. The number of benzene rings is 1. The van der Waals surface area contributed by atoms with Crippen LogP contribution in [0, 0.1) is 0 Å². The van der Waals surface area contributed by atoms with Gasteiger partial charge < -0.3 is 15.3 Å². The average molecular weight is 314 g/mol. The van der Waals surface area contributed by atoms with Gasteiger partial charge in [0.15, 0.2) is 14.9 Å². The minimum Gasteiger partial charge on any atom is -0.395 e. The topological polar surface area (TPSA) is 69.6 Å². The normalized spacial score (nSPS) is 20.6. The molecule has 1 fully saturated rings. The zero-order chi connectivity index (χ0) is 14.6. The predicted octanol–water partition coefficient (Wildman–Crippen LogP) is 0.865. The number of thiocarbonyl (C=S) groups is 1. The summed E-state index contributed by atoms with van der Waals surface area (Å²) >= 11 is 5.34. The lowest BCUT2D eigenvalue weighted by molar-refractivity contribution is 0.228. The van der Waals surface area contributed by atoms with Crippen LogP contribution in [-0.2, 0) is 9.84 Å². The molecular weight excluding hydrogens is 296 g/mol. The molecule has 20 heavy (non-hydrogen) atoms. The Morgan fingerprint density at radius 3 is 2.65 bits per heavy atom. The van der Waals surface area contributed by atoms with Gasteiger partial charge in [-0.05, 0) is 30.8 Å². The highest BCUT2D eigenvalue weighted by atomic mass is 32.2. The molecule has 1 aliphatic heterocycles. The highest BCUT2D eigenvalue weighted by molar-refractivity contribution is 7.91. The van der Waals surface area contributed by atoms with Gasteiger partial charge in [0.2, 0.25) is 0 Å². The molecule has 0 spiro atoms. The van der Waals surface area contributed by atoms with E-state index < -0.39 is 9.84 Å². The molecule has 5 nitrogen and oxygen atoms in total. The van der Waals surface area contributed by atoms with Crippen LogP contribution < -0.4 is 5.32 Å². The van der Waals surface area contributed by atoms with Gasteiger partial charge in [-0.1, -0.05) is 18.2 Å². The predicted molar refractivity (Wildman–Crippen MR) is 83.5 cm³/mol. The molecule has 1 aromatic rings. The molecule has 0 aliphatic carbocycles. The first-order chi connectivity index (χ1) is 9.52. The molecule has 0 aromatic heterocycles. The lowest BCUT2D eigenvalue weighted by Gasteiger charge is -2.30. The maximum atomic E-state index is 11.6. The van der Waals surface area contributed by atoms with Crippen molar-refractivity contribution in [1.29, 1.82) is 0 Å². The second-order valence-electron chi connectivity index (χ2n) is 4.77. The van der Waals surface area contributed by atoms with Crippen molar-refractivity contribution in [3.8, 4) is 0 Å². The lowest BCUT2D eigenvalue weighted by atomic mass is 10.2. The van der Waals surface area contributed by atoms with Crippen LogP contribution in [0.2, 0.25) is 0 Å². The minimum atomic E-state index is -2.98. The molecule has 0 saturated carbocycles. The Hall–Kier alpha value is -1.18. The van der Waals surface area contributed by atoms with E-state index in [1.54, 1.807) is 4.90 Å². The summed E-state index contributed by atoms with van der Waals surface area (Å²) in [6, 6.07) is 9.30. The van der Waals surface area contributed by atoms with Gasteiger partial charge in [0.25, 0.3) is 0 Å². The number of aliphatic hydroxyl groups excluding tert-OH is 1. The van der Waals surface area contributed by atoms with Crippen LogP contribution in [0.25, 0.3) is 0 Å². The second-order valence-corrected chi connectivity index (χ2v) is 7.39. The van der Waals surface area contributed by atoms with Gasteiger partial charge in [0, 0.05) is 18.3 Å². The van der Waals surface area contributed by atoms with E-state index in [0.717, 1.165) is 5.69 Å². The highest BCUT2D eigenvalue weighted by Gasteiger charge is 2.33. The summed E-state index contributed by atoms with van der Waals surface area (Å²) in [5.41, 5.74) is 0.848. The molecule has 0 radical (unpaired) electrons. The Kier molecular flexibility index (Phi) is 4.95. The third kappa shape index (κ3) is 3.91. The van der Waals surface area contributed by atoms with Crippen LogP contribution in [0.15, 0.2) is 30.3 Å². The largest absolute Gasteiger partial charge is 0.395 e. The van der Waals surface area contributed by atoms with Crippen molar-refractivity contribution in [2.75, 3.05) is 30.0 Å². The molecule has 110 valence electrons. The van der Waals surface area contributed by atoms with Gasteiger partial charge >= 0.3 is 0 Å². The summed E-state index contributed by atoms with van der Waals surface area (Å²) in [7, 11) is -2.98. The molecule has 2 N–H and O–H groups in total. The van der Waals surface area contributed by atoms with E-state index in [2.05, 4.69) is 5.32 Å². The Morgan fingerprint density at radius 1 is 1.40 bits per heavy atom. The fourth-order valence-electron chi connectivity index (χ4n) is 2.30. The summed E-state index contributed by atoms with van der Waals surface area (Å²) in [6.45, 7) is 0.270. The lowest BCUT2D eigenvalue weighted by Crippen LogP contribution is -2.45. The number of para-hydroxylation sites is 1. The van der Waals surface area contributed by atoms with Crippen LogP contribution in [0.4, 0.5) is 5.69 Å². The van der Waals surface area contributed by atoms with E-state index in [4.69, 9.17) is 17.3 Å². The molecule has 0 unspecified atom stereocenters. The number of anilines is 1. The van der Waals surface area contributed by atoms with E-state index >= 15 is 0 Å². The van der Waals surface area contributed by atoms with Crippen LogP contribution in [0.5, 0.6) is 0 Å². The molecule has 1 atom stereocenters. The van der Waals surface area contributed by atoms with Crippen molar-refractivity contribution in [3.05, 3.63) is 30.3 Å². The fourth-order valence-corrected chi connectivity index (χ4v) is 4.38. The Labute approximate surface area is 124 Å². The average Bonchev–Trinajstić information content (AvgIpc) is 2.77. The van der Waals surface area contributed by atoms with Crippen LogP contribution >= 0.6 is 12.2 Å². The van der Waals surface area contributed by atoms with E-state index in [9.17, 15) is 8.42 Å². The van der Waals surface area contributed by atoms with Gasteiger partial charge in [0.05, 0.1) is 18.1 Å². The van der Waals surface area contributed by atoms with Gasteiger partial charge in [0.1, 0.15) is 0 Å². The number of hydrogen-bond donors (Lipinski definition) is 2. The Morgan fingerprint density at radius 2 is 2.10 bits per heavy atom. The van der Waals surface area contributed by atoms with Crippen LogP contribution in [0.3, 0.4) is 0 Å². The summed E-state index contributed by atoms with van der Waals surface area (Å²) in [6.07, 6.45) is 0.555. The first kappa shape index (κ1) is 15.2. The van der Waals surface area contributed by atoms with Gasteiger partial charge in [-0.25, -0.2) is 8.42 Å². The molecular formula is C13H18N2O3S2. The molecule has 1 aliphatic rings. The number of sulfone groups is 1. The van der Waals surface area contributed by atoms with Crippen molar-refractivity contribution in [2.24, 2.45) is 0 Å². The molecule has 1 heterocycles. The summed E-state index contributed by atoms with van der Waals surface area (Å²) in [5, 5.41) is 12.7.